The van der Waals surface area contributed by atoms with E-state index in [1.165, 1.54) is 75.6 Å². The second kappa shape index (κ2) is 22.6. The predicted molar refractivity (Wildman–Crippen MR) is 119 cm³/mol. The van der Waals surface area contributed by atoms with Crippen LogP contribution in [-0.4, -0.2) is 38.3 Å². The SMILES string of the molecule is CCCCCCCCOCC(CS[P](=O)OCC)OCCCCCCCC. The van der Waals surface area contributed by atoms with E-state index >= 15 is 0 Å². The summed E-state index contributed by atoms with van der Waals surface area (Å²) in [7, 11) is -1.64. The second-order valence-corrected chi connectivity index (χ2v) is 10.0. The largest absolute Gasteiger partial charge is 0.379 e. The van der Waals surface area contributed by atoms with E-state index in [2.05, 4.69) is 13.8 Å². The molecule has 2 atom stereocenters. The highest BCUT2D eigenvalue weighted by atomic mass is 32.7. The molecule has 0 amide bonds. The van der Waals surface area contributed by atoms with Gasteiger partial charge in [0.2, 0.25) is 0 Å². The molecule has 0 aromatic carbocycles. The molecule has 0 bridgehead atoms. The molecule has 2 unspecified atom stereocenters. The average molecular weight is 424 g/mol. The first-order valence-corrected chi connectivity index (χ1v) is 13.9. The van der Waals surface area contributed by atoms with Crippen LogP contribution in [0.15, 0.2) is 0 Å². The fourth-order valence-electron chi connectivity index (χ4n) is 2.76. The minimum absolute atomic E-state index is 0.00476. The summed E-state index contributed by atoms with van der Waals surface area (Å²) >= 11 is 1.34. The Hall–Kier alpha value is 0.330. The van der Waals surface area contributed by atoms with Gasteiger partial charge in [0, 0.05) is 19.0 Å². The standard InChI is InChI=1S/C21H44O4PS/c1-4-7-9-11-13-15-17-23-19-21(20-27-26(22)25-6-3)24-18-16-14-12-10-8-5-2/h21H,4-20H2,1-3H3. The van der Waals surface area contributed by atoms with Crippen molar-refractivity contribution >= 4 is 18.6 Å². The predicted octanol–water partition coefficient (Wildman–Crippen LogP) is 7.54. The van der Waals surface area contributed by atoms with Crippen molar-refractivity contribution in [3.05, 3.63) is 0 Å². The van der Waals surface area contributed by atoms with Crippen molar-refractivity contribution in [2.24, 2.45) is 0 Å². The van der Waals surface area contributed by atoms with Crippen molar-refractivity contribution in [2.75, 3.05) is 32.2 Å². The Morgan fingerprint density at radius 2 is 1.33 bits per heavy atom. The fraction of sp³-hybridized carbons (Fsp3) is 1.00. The molecule has 0 saturated carbocycles. The summed E-state index contributed by atoms with van der Waals surface area (Å²) in [6.07, 6.45) is 15.2. The molecule has 0 aliphatic heterocycles. The molecular weight excluding hydrogens is 379 g/mol. The third-order valence-corrected chi connectivity index (χ3v) is 6.99. The van der Waals surface area contributed by atoms with Crippen LogP contribution < -0.4 is 0 Å². The van der Waals surface area contributed by atoms with E-state index in [0.29, 0.717) is 19.0 Å². The van der Waals surface area contributed by atoms with Crippen molar-refractivity contribution < 1.29 is 18.6 Å². The molecule has 0 N–H and O–H groups in total. The van der Waals surface area contributed by atoms with Crippen LogP contribution in [0.5, 0.6) is 0 Å². The van der Waals surface area contributed by atoms with E-state index in [1.807, 2.05) is 6.92 Å². The summed E-state index contributed by atoms with van der Waals surface area (Å²) in [4.78, 5) is 0. The third-order valence-electron chi connectivity index (χ3n) is 4.40. The normalized spacial score (nSPS) is 13.1. The Morgan fingerprint density at radius 3 is 1.93 bits per heavy atom. The van der Waals surface area contributed by atoms with Gasteiger partial charge in [-0.05, 0) is 31.1 Å². The van der Waals surface area contributed by atoms with Crippen molar-refractivity contribution in [2.45, 2.75) is 104 Å². The van der Waals surface area contributed by atoms with Gasteiger partial charge in [-0.15, -0.1) is 0 Å². The maximum absolute atomic E-state index is 11.7. The van der Waals surface area contributed by atoms with Gasteiger partial charge in [0.1, 0.15) is 0 Å². The lowest BCUT2D eigenvalue weighted by Gasteiger charge is -2.17. The fourth-order valence-corrected chi connectivity index (χ4v) is 4.93. The van der Waals surface area contributed by atoms with Gasteiger partial charge < -0.3 is 9.47 Å². The van der Waals surface area contributed by atoms with Gasteiger partial charge in [-0.2, -0.15) is 0 Å². The number of hydrogen-bond acceptors (Lipinski definition) is 5. The summed E-state index contributed by atoms with van der Waals surface area (Å²) in [5.41, 5.74) is 0. The Balaban J connectivity index is 3.86. The number of ether oxygens (including phenoxy) is 2. The monoisotopic (exact) mass is 423 g/mol. The maximum atomic E-state index is 11.7. The highest BCUT2D eigenvalue weighted by molar-refractivity contribution is 8.50. The lowest BCUT2D eigenvalue weighted by Crippen LogP contribution is -2.23. The summed E-state index contributed by atoms with van der Waals surface area (Å²) in [5.74, 6) is 0.668. The van der Waals surface area contributed by atoms with Crippen LogP contribution in [0, 0.1) is 0 Å². The summed E-state index contributed by atoms with van der Waals surface area (Å²) < 4.78 is 28.7. The summed E-state index contributed by atoms with van der Waals surface area (Å²) in [6.45, 7) is 8.99. The number of hydrogen-bond donors (Lipinski definition) is 0. The Bertz CT molecular complexity index is 319. The first kappa shape index (κ1) is 27.3. The van der Waals surface area contributed by atoms with E-state index in [4.69, 9.17) is 14.0 Å². The molecule has 0 aromatic heterocycles. The molecule has 163 valence electrons. The summed E-state index contributed by atoms with van der Waals surface area (Å²) in [5, 5.41) is 0. The van der Waals surface area contributed by atoms with Crippen LogP contribution in [0.4, 0.5) is 0 Å². The minimum atomic E-state index is -1.64. The van der Waals surface area contributed by atoms with Gasteiger partial charge in [-0.3, -0.25) is 4.52 Å². The molecule has 0 rings (SSSR count). The first-order valence-electron chi connectivity index (χ1n) is 11.2. The maximum Gasteiger partial charge on any atom is 0.277 e. The lowest BCUT2D eigenvalue weighted by atomic mass is 10.1. The first-order chi connectivity index (χ1) is 13.2. The molecule has 4 nitrogen and oxygen atoms in total. The van der Waals surface area contributed by atoms with Crippen molar-refractivity contribution in [3.8, 4) is 0 Å². The van der Waals surface area contributed by atoms with Crippen LogP contribution in [-0.2, 0) is 18.6 Å². The lowest BCUT2D eigenvalue weighted by molar-refractivity contribution is -0.00612. The molecule has 0 saturated heterocycles. The van der Waals surface area contributed by atoms with E-state index in [9.17, 15) is 4.57 Å². The molecule has 0 fully saturated rings. The van der Waals surface area contributed by atoms with Crippen molar-refractivity contribution in [3.63, 3.8) is 0 Å². The van der Waals surface area contributed by atoms with Gasteiger partial charge in [-0.1, -0.05) is 78.1 Å². The van der Waals surface area contributed by atoms with Gasteiger partial charge in [0.15, 0.2) is 0 Å². The molecular formula is C21H44O4PS. The second-order valence-electron chi connectivity index (χ2n) is 7.04. The van der Waals surface area contributed by atoms with Gasteiger partial charge >= 0.3 is 0 Å². The zero-order valence-corrected chi connectivity index (χ0v) is 19.8. The summed E-state index contributed by atoms with van der Waals surface area (Å²) in [6, 6.07) is 0. The number of rotatable bonds is 22. The van der Waals surface area contributed by atoms with Crippen molar-refractivity contribution in [1.29, 1.82) is 0 Å². The minimum Gasteiger partial charge on any atom is -0.379 e. The molecule has 1 radical (unpaired) electrons. The zero-order valence-electron chi connectivity index (χ0n) is 18.1. The van der Waals surface area contributed by atoms with Crippen LogP contribution in [0.2, 0.25) is 0 Å². The molecule has 27 heavy (non-hydrogen) atoms. The van der Waals surface area contributed by atoms with E-state index in [1.54, 1.807) is 0 Å². The average Bonchev–Trinajstić information content (AvgIpc) is 2.67. The molecule has 0 heterocycles. The van der Waals surface area contributed by atoms with Crippen LogP contribution in [0.1, 0.15) is 97.8 Å². The quantitative estimate of drug-likeness (QED) is 0.133. The zero-order chi connectivity index (χ0) is 20.0. The highest BCUT2D eigenvalue weighted by Crippen LogP contribution is 2.39. The van der Waals surface area contributed by atoms with E-state index in [-0.39, 0.29) is 6.10 Å². The van der Waals surface area contributed by atoms with Crippen LogP contribution >= 0.6 is 18.6 Å². The highest BCUT2D eigenvalue weighted by Gasteiger charge is 2.13. The smallest absolute Gasteiger partial charge is 0.277 e. The topological polar surface area (TPSA) is 44.8 Å². The van der Waals surface area contributed by atoms with Crippen LogP contribution in [0.25, 0.3) is 0 Å². The van der Waals surface area contributed by atoms with Gasteiger partial charge in [0.05, 0.1) is 19.3 Å². The van der Waals surface area contributed by atoms with E-state index in [0.717, 1.165) is 26.1 Å². The molecule has 0 spiro atoms. The third kappa shape index (κ3) is 20.9. The molecule has 6 heteroatoms. The van der Waals surface area contributed by atoms with Crippen molar-refractivity contribution in [1.82, 2.24) is 0 Å². The Labute approximate surface area is 173 Å². The van der Waals surface area contributed by atoms with Crippen LogP contribution in [0.3, 0.4) is 0 Å². The number of unbranched alkanes of at least 4 members (excludes halogenated alkanes) is 10. The molecule has 0 aromatic rings. The van der Waals surface area contributed by atoms with E-state index < -0.39 is 7.23 Å². The molecule has 0 aliphatic carbocycles. The Kier molecular flexibility index (Phi) is 22.9. The van der Waals surface area contributed by atoms with Gasteiger partial charge in [0.25, 0.3) is 7.23 Å². The Morgan fingerprint density at radius 1 is 0.778 bits per heavy atom. The molecule has 0 aliphatic rings. The van der Waals surface area contributed by atoms with Gasteiger partial charge in [-0.25, -0.2) is 4.57 Å².